The van der Waals surface area contributed by atoms with Crippen LogP contribution in [0.1, 0.15) is 58.2 Å². The molecule has 5 aromatic rings. The zero-order chi connectivity index (χ0) is 29.4. The van der Waals surface area contributed by atoms with Gasteiger partial charge in [0.2, 0.25) is 0 Å². The summed E-state index contributed by atoms with van der Waals surface area (Å²) in [4.78, 5) is 30.0. The van der Waals surface area contributed by atoms with E-state index in [2.05, 4.69) is 13.8 Å². The Balaban J connectivity index is 1.67. The van der Waals surface area contributed by atoms with Gasteiger partial charge < -0.3 is 14.4 Å². The predicted octanol–water partition coefficient (Wildman–Crippen LogP) is 6.49. The highest BCUT2D eigenvalue weighted by Crippen LogP contribution is 2.34. The van der Waals surface area contributed by atoms with Crippen molar-refractivity contribution in [3.8, 4) is 22.8 Å². The molecular weight excluding hydrogens is 516 g/mol. The first kappa shape index (κ1) is 27.6. The lowest BCUT2D eigenvalue weighted by Crippen LogP contribution is -2.21. The Morgan fingerprint density at radius 3 is 2.39 bits per heavy atom. The number of carboxylic acid groups (broad SMARTS) is 1. The van der Waals surface area contributed by atoms with Crippen molar-refractivity contribution in [3.05, 3.63) is 111 Å². The molecule has 0 atom stereocenters. The molecule has 2 heterocycles. The molecule has 0 saturated heterocycles. The maximum atomic E-state index is 13.8. The van der Waals surface area contributed by atoms with Gasteiger partial charge >= 0.3 is 5.97 Å². The summed E-state index contributed by atoms with van der Waals surface area (Å²) in [6, 6.07) is 20.0. The van der Waals surface area contributed by atoms with Gasteiger partial charge in [0.15, 0.2) is 5.82 Å². The van der Waals surface area contributed by atoms with Crippen LogP contribution in [0.4, 0.5) is 0 Å². The first-order chi connectivity index (χ1) is 19.6. The fourth-order valence-corrected chi connectivity index (χ4v) is 5.16. The molecule has 0 aliphatic rings. The normalized spacial score (nSPS) is 11.6. The van der Waals surface area contributed by atoms with E-state index >= 15 is 0 Å². The fourth-order valence-electron chi connectivity index (χ4n) is 5.16. The summed E-state index contributed by atoms with van der Waals surface area (Å²) in [5, 5.41) is 14.4. The molecule has 0 saturated carbocycles. The number of benzene rings is 3. The minimum Gasteiger partial charge on any atom is -0.496 e. The Labute approximate surface area is 238 Å². The van der Waals surface area contributed by atoms with Gasteiger partial charge in [0, 0.05) is 28.2 Å². The van der Waals surface area contributed by atoms with E-state index < -0.39 is 5.97 Å². The number of ether oxygens (including phenoxy) is 1. The number of carboxylic acids is 1. The largest absolute Gasteiger partial charge is 0.496 e. The fraction of sp³-hybridized carbons (Fsp3) is 0.212. The van der Waals surface area contributed by atoms with E-state index in [0.29, 0.717) is 16.7 Å². The summed E-state index contributed by atoms with van der Waals surface area (Å²) in [5.41, 5.74) is 6.81. The standard InChI is InChI=1S/C33H32N4O4/c1-19(2)27-17-28(20(3)15-30(27)41-6)31-35-29-10-8-7-9-26(29)32(38)37(31)34-18-24-16-21(4)36(22(24)5)25-13-11-23(12-14-25)33(39)40/h7-19H,1-6H3,(H,39,40). The number of aromatic carboxylic acids is 1. The molecule has 0 amide bonds. The second-order valence-electron chi connectivity index (χ2n) is 10.4. The maximum Gasteiger partial charge on any atom is 0.335 e. The number of fused-ring (bicyclic) bond motifs is 1. The smallest absolute Gasteiger partial charge is 0.335 e. The summed E-state index contributed by atoms with van der Waals surface area (Å²) in [5.74, 6) is 0.472. The first-order valence-electron chi connectivity index (χ1n) is 13.4. The minimum absolute atomic E-state index is 0.198. The van der Waals surface area contributed by atoms with Crippen LogP contribution in [0.15, 0.2) is 76.6 Å². The summed E-state index contributed by atoms with van der Waals surface area (Å²) in [7, 11) is 1.66. The van der Waals surface area contributed by atoms with Crippen LogP contribution >= 0.6 is 0 Å². The average molecular weight is 549 g/mol. The number of para-hydroxylation sites is 1. The van der Waals surface area contributed by atoms with Crippen LogP contribution in [-0.2, 0) is 0 Å². The molecule has 5 rings (SSSR count). The summed E-state index contributed by atoms with van der Waals surface area (Å²) < 4.78 is 9.03. The molecule has 8 heteroatoms. The van der Waals surface area contributed by atoms with Gasteiger partial charge in [-0.1, -0.05) is 26.0 Å². The first-order valence-corrected chi connectivity index (χ1v) is 13.4. The molecule has 0 radical (unpaired) electrons. The summed E-state index contributed by atoms with van der Waals surface area (Å²) in [6.07, 6.45) is 1.67. The number of carbonyl (C=O) groups is 1. The van der Waals surface area contributed by atoms with Gasteiger partial charge in [-0.25, -0.2) is 9.78 Å². The number of rotatable bonds is 7. The van der Waals surface area contributed by atoms with E-state index in [9.17, 15) is 14.7 Å². The van der Waals surface area contributed by atoms with E-state index in [1.54, 1.807) is 43.7 Å². The van der Waals surface area contributed by atoms with Crippen LogP contribution in [-0.4, -0.2) is 38.6 Å². The van der Waals surface area contributed by atoms with E-state index in [1.807, 2.05) is 61.7 Å². The lowest BCUT2D eigenvalue weighted by atomic mass is 9.96. The maximum absolute atomic E-state index is 13.8. The van der Waals surface area contributed by atoms with Gasteiger partial charge in [-0.15, -0.1) is 0 Å². The highest BCUT2D eigenvalue weighted by Gasteiger charge is 2.19. The highest BCUT2D eigenvalue weighted by molar-refractivity contribution is 5.88. The summed E-state index contributed by atoms with van der Waals surface area (Å²) >= 11 is 0. The molecule has 3 aromatic carbocycles. The Kier molecular flexibility index (Phi) is 7.32. The van der Waals surface area contributed by atoms with Crippen molar-refractivity contribution in [1.82, 2.24) is 14.2 Å². The van der Waals surface area contributed by atoms with Gasteiger partial charge in [0.05, 0.1) is 29.8 Å². The third kappa shape index (κ3) is 5.04. The van der Waals surface area contributed by atoms with Crippen molar-refractivity contribution in [3.63, 3.8) is 0 Å². The highest BCUT2D eigenvalue weighted by atomic mass is 16.5. The topological polar surface area (TPSA) is 98.7 Å². The van der Waals surface area contributed by atoms with Crippen molar-refractivity contribution in [1.29, 1.82) is 0 Å². The third-order valence-corrected chi connectivity index (χ3v) is 7.35. The molecule has 0 bridgehead atoms. The predicted molar refractivity (Wildman–Crippen MR) is 162 cm³/mol. The Morgan fingerprint density at radius 2 is 1.73 bits per heavy atom. The number of nitrogens with zero attached hydrogens (tertiary/aromatic N) is 4. The monoisotopic (exact) mass is 548 g/mol. The minimum atomic E-state index is -0.969. The van der Waals surface area contributed by atoms with E-state index in [1.165, 1.54) is 4.68 Å². The molecule has 1 N–H and O–H groups in total. The van der Waals surface area contributed by atoms with Gasteiger partial charge in [-0.2, -0.15) is 9.78 Å². The van der Waals surface area contributed by atoms with Crippen molar-refractivity contribution >= 4 is 23.1 Å². The lowest BCUT2D eigenvalue weighted by molar-refractivity contribution is 0.0697. The number of aryl methyl sites for hydroxylation is 2. The van der Waals surface area contributed by atoms with Crippen molar-refractivity contribution in [2.75, 3.05) is 7.11 Å². The second kappa shape index (κ2) is 10.9. The molecule has 8 nitrogen and oxygen atoms in total. The number of methoxy groups -OCH3 is 1. The van der Waals surface area contributed by atoms with Crippen LogP contribution in [0.2, 0.25) is 0 Å². The molecule has 0 aliphatic heterocycles. The Hall–Kier alpha value is -4.98. The molecule has 0 unspecified atom stereocenters. The molecule has 41 heavy (non-hydrogen) atoms. The zero-order valence-corrected chi connectivity index (χ0v) is 24.0. The molecule has 0 aliphatic carbocycles. The number of hydrogen-bond donors (Lipinski definition) is 1. The zero-order valence-electron chi connectivity index (χ0n) is 24.0. The Morgan fingerprint density at radius 1 is 1.02 bits per heavy atom. The van der Waals surface area contributed by atoms with Gasteiger partial charge in [-0.3, -0.25) is 4.79 Å². The van der Waals surface area contributed by atoms with Crippen molar-refractivity contribution < 1.29 is 14.6 Å². The number of hydrogen-bond acceptors (Lipinski definition) is 5. The summed E-state index contributed by atoms with van der Waals surface area (Å²) in [6.45, 7) is 10.1. The molecule has 2 aromatic heterocycles. The van der Waals surface area contributed by atoms with E-state index in [-0.39, 0.29) is 17.0 Å². The molecular formula is C33H32N4O4. The Bertz CT molecular complexity index is 1880. The van der Waals surface area contributed by atoms with Crippen LogP contribution < -0.4 is 10.3 Å². The van der Waals surface area contributed by atoms with Crippen LogP contribution in [0.25, 0.3) is 28.0 Å². The van der Waals surface area contributed by atoms with Crippen LogP contribution in [0.5, 0.6) is 5.75 Å². The van der Waals surface area contributed by atoms with Gasteiger partial charge in [-0.05, 0) is 92.4 Å². The van der Waals surface area contributed by atoms with Gasteiger partial charge in [0.25, 0.3) is 5.56 Å². The van der Waals surface area contributed by atoms with Gasteiger partial charge in [0.1, 0.15) is 5.75 Å². The second-order valence-corrected chi connectivity index (χ2v) is 10.4. The number of aromatic nitrogens is 3. The average Bonchev–Trinajstić information content (AvgIpc) is 3.24. The van der Waals surface area contributed by atoms with E-state index in [0.717, 1.165) is 45.1 Å². The molecule has 0 spiro atoms. The molecule has 0 fully saturated rings. The quantitative estimate of drug-likeness (QED) is 0.234. The van der Waals surface area contributed by atoms with E-state index in [4.69, 9.17) is 14.8 Å². The lowest BCUT2D eigenvalue weighted by Gasteiger charge is -2.17. The van der Waals surface area contributed by atoms with Crippen molar-refractivity contribution in [2.24, 2.45) is 5.10 Å². The van der Waals surface area contributed by atoms with Crippen molar-refractivity contribution in [2.45, 2.75) is 40.5 Å². The van der Waals surface area contributed by atoms with Crippen LogP contribution in [0, 0.1) is 20.8 Å². The SMILES string of the molecule is COc1cc(C)c(-c2nc3ccccc3c(=O)n2N=Cc2cc(C)n(-c3ccc(C(=O)O)cc3)c2C)cc1C(C)C. The molecule has 208 valence electrons. The third-order valence-electron chi connectivity index (χ3n) is 7.35. The van der Waals surface area contributed by atoms with Crippen LogP contribution in [0.3, 0.4) is 0 Å².